The first-order valence-electron chi connectivity index (χ1n) is 6.39. The minimum Gasteiger partial charge on any atom is -0.352 e. The van der Waals surface area contributed by atoms with Crippen LogP contribution >= 0.6 is 0 Å². The predicted molar refractivity (Wildman–Crippen MR) is 76.6 cm³/mol. The van der Waals surface area contributed by atoms with E-state index in [0.29, 0.717) is 13.0 Å². The molecular formula is C15H15F2N3O. The van der Waals surface area contributed by atoms with Gasteiger partial charge in [0, 0.05) is 6.54 Å². The maximum atomic E-state index is 13.5. The van der Waals surface area contributed by atoms with E-state index in [9.17, 15) is 13.6 Å². The summed E-state index contributed by atoms with van der Waals surface area (Å²) in [6, 6.07) is 10.1. The molecule has 6 heteroatoms. The van der Waals surface area contributed by atoms with Crippen LogP contribution in [-0.4, -0.2) is 12.5 Å². The smallest absolute Gasteiger partial charge is 0.253 e. The van der Waals surface area contributed by atoms with Crippen molar-refractivity contribution < 1.29 is 13.6 Å². The summed E-state index contributed by atoms with van der Waals surface area (Å²) in [6.45, 7) is 0.352. The van der Waals surface area contributed by atoms with Crippen LogP contribution in [0.4, 0.5) is 14.5 Å². The molecule has 0 unspecified atom stereocenters. The Morgan fingerprint density at radius 3 is 2.48 bits per heavy atom. The van der Waals surface area contributed by atoms with Crippen molar-refractivity contribution in [1.82, 2.24) is 5.32 Å². The second-order valence-electron chi connectivity index (χ2n) is 4.44. The summed E-state index contributed by atoms with van der Waals surface area (Å²) in [5.41, 5.74) is 3.17. The Morgan fingerprint density at radius 1 is 1.10 bits per heavy atom. The summed E-state index contributed by atoms with van der Waals surface area (Å²) < 4.78 is 26.2. The molecule has 0 radical (unpaired) electrons. The molecule has 0 aliphatic rings. The molecule has 0 saturated heterocycles. The van der Waals surface area contributed by atoms with Crippen LogP contribution in [0.5, 0.6) is 0 Å². The summed E-state index contributed by atoms with van der Waals surface area (Å²) in [4.78, 5) is 12.0. The number of nitrogens with two attached hydrogens (primary N) is 1. The van der Waals surface area contributed by atoms with Crippen LogP contribution in [0.2, 0.25) is 0 Å². The minimum atomic E-state index is -0.594. The van der Waals surface area contributed by atoms with Crippen molar-refractivity contribution in [1.29, 1.82) is 0 Å². The lowest BCUT2D eigenvalue weighted by Crippen LogP contribution is -2.27. The number of carbonyl (C=O) groups excluding carboxylic acids is 1. The zero-order valence-electron chi connectivity index (χ0n) is 11.2. The van der Waals surface area contributed by atoms with Crippen molar-refractivity contribution in [3.8, 4) is 0 Å². The molecule has 21 heavy (non-hydrogen) atoms. The number of benzene rings is 2. The molecule has 0 aliphatic carbocycles. The third-order valence-electron chi connectivity index (χ3n) is 3.02. The molecule has 4 nitrogen and oxygen atoms in total. The quantitative estimate of drug-likeness (QED) is 0.584. The zero-order chi connectivity index (χ0) is 15.2. The van der Waals surface area contributed by atoms with Gasteiger partial charge in [-0.05, 0) is 36.2 Å². The van der Waals surface area contributed by atoms with Crippen molar-refractivity contribution in [3.63, 3.8) is 0 Å². The fourth-order valence-electron chi connectivity index (χ4n) is 1.93. The van der Waals surface area contributed by atoms with Gasteiger partial charge in [0.25, 0.3) is 5.91 Å². The highest BCUT2D eigenvalue weighted by Crippen LogP contribution is 2.18. The van der Waals surface area contributed by atoms with Gasteiger partial charge < -0.3 is 10.7 Å². The maximum Gasteiger partial charge on any atom is 0.253 e. The Balaban J connectivity index is 1.96. The van der Waals surface area contributed by atoms with E-state index < -0.39 is 11.7 Å². The molecule has 2 aromatic rings. The number of hydrogen-bond acceptors (Lipinski definition) is 3. The molecule has 0 atom stereocenters. The number of amides is 1. The fraction of sp³-hybridized carbons (Fsp3) is 0.133. The van der Waals surface area contributed by atoms with Gasteiger partial charge >= 0.3 is 0 Å². The number of carbonyl (C=O) groups is 1. The lowest BCUT2D eigenvalue weighted by Gasteiger charge is -2.10. The molecule has 0 aromatic heterocycles. The van der Waals surface area contributed by atoms with Crippen molar-refractivity contribution >= 4 is 11.6 Å². The molecule has 0 fully saturated rings. The highest BCUT2D eigenvalue weighted by molar-refractivity contribution is 5.99. The van der Waals surface area contributed by atoms with Gasteiger partial charge in [0.05, 0.1) is 11.3 Å². The third kappa shape index (κ3) is 3.76. The monoisotopic (exact) mass is 291 g/mol. The molecule has 4 N–H and O–H groups in total. The lowest BCUT2D eigenvalue weighted by molar-refractivity contribution is 0.0954. The van der Waals surface area contributed by atoms with Crippen LogP contribution in [0.3, 0.4) is 0 Å². The van der Waals surface area contributed by atoms with E-state index >= 15 is 0 Å². The normalized spacial score (nSPS) is 10.2. The zero-order valence-corrected chi connectivity index (χ0v) is 11.2. The second kappa shape index (κ2) is 6.81. The van der Waals surface area contributed by atoms with Gasteiger partial charge in [-0.1, -0.05) is 18.2 Å². The molecule has 0 heterocycles. The van der Waals surface area contributed by atoms with Gasteiger partial charge in [-0.15, -0.1) is 0 Å². The molecule has 1 amide bonds. The number of halogens is 2. The summed E-state index contributed by atoms with van der Waals surface area (Å²) in [5.74, 6) is 3.89. The highest BCUT2D eigenvalue weighted by atomic mass is 19.1. The summed E-state index contributed by atoms with van der Waals surface area (Å²) >= 11 is 0. The first-order chi connectivity index (χ1) is 10.1. The first-order valence-corrected chi connectivity index (χ1v) is 6.39. The van der Waals surface area contributed by atoms with Crippen LogP contribution < -0.4 is 16.6 Å². The van der Waals surface area contributed by atoms with Gasteiger partial charge in [0.1, 0.15) is 11.6 Å². The average molecular weight is 291 g/mol. The largest absolute Gasteiger partial charge is 0.352 e. The predicted octanol–water partition coefficient (Wildman–Crippen LogP) is 2.22. The Morgan fingerprint density at radius 2 is 1.81 bits per heavy atom. The van der Waals surface area contributed by atoms with Crippen LogP contribution in [0.15, 0.2) is 42.5 Å². The van der Waals surface area contributed by atoms with E-state index in [-0.39, 0.29) is 17.1 Å². The summed E-state index contributed by atoms with van der Waals surface area (Å²) in [7, 11) is 0. The summed E-state index contributed by atoms with van der Waals surface area (Å²) in [6.07, 6.45) is 0.548. The van der Waals surface area contributed by atoms with Gasteiger partial charge in [0.2, 0.25) is 0 Å². The number of anilines is 1. The van der Waals surface area contributed by atoms with Gasteiger partial charge in [-0.3, -0.25) is 10.6 Å². The number of nitrogen functional groups attached to an aromatic ring is 1. The fourth-order valence-corrected chi connectivity index (χ4v) is 1.93. The molecule has 0 aliphatic heterocycles. The number of para-hydroxylation sites is 1. The Hall–Kier alpha value is -2.47. The number of hydrogen-bond donors (Lipinski definition) is 3. The van der Waals surface area contributed by atoms with E-state index in [0.717, 1.165) is 5.56 Å². The Kier molecular flexibility index (Phi) is 4.84. The number of rotatable bonds is 5. The maximum absolute atomic E-state index is 13.5. The summed E-state index contributed by atoms with van der Waals surface area (Å²) in [5, 5.41) is 2.67. The van der Waals surface area contributed by atoms with Crippen LogP contribution in [0, 0.1) is 11.6 Å². The van der Waals surface area contributed by atoms with E-state index in [1.165, 1.54) is 30.3 Å². The van der Waals surface area contributed by atoms with Crippen molar-refractivity contribution in [3.05, 3.63) is 65.2 Å². The Bertz CT molecular complexity index is 629. The van der Waals surface area contributed by atoms with Gasteiger partial charge in [-0.25, -0.2) is 8.78 Å². The molecule has 2 rings (SSSR count). The van der Waals surface area contributed by atoms with E-state index in [4.69, 9.17) is 5.84 Å². The van der Waals surface area contributed by atoms with E-state index in [1.54, 1.807) is 12.1 Å². The standard InChI is InChI=1S/C15H15F2N3O/c16-11-6-4-10(5-7-11)8-9-19-15(21)12-2-1-3-13(17)14(12)20-18/h1-7,20H,8-9,18H2,(H,19,21). The molecule has 0 saturated carbocycles. The van der Waals surface area contributed by atoms with Gasteiger partial charge in [0.15, 0.2) is 0 Å². The van der Waals surface area contributed by atoms with Gasteiger partial charge in [-0.2, -0.15) is 0 Å². The van der Waals surface area contributed by atoms with E-state index in [1.807, 2.05) is 0 Å². The minimum absolute atomic E-state index is 0.0446. The molecule has 0 bridgehead atoms. The number of nitrogens with one attached hydrogen (secondary N) is 2. The molecule has 2 aromatic carbocycles. The molecular weight excluding hydrogens is 276 g/mol. The lowest BCUT2D eigenvalue weighted by atomic mass is 10.1. The highest BCUT2D eigenvalue weighted by Gasteiger charge is 2.13. The third-order valence-corrected chi connectivity index (χ3v) is 3.02. The topological polar surface area (TPSA) is 67.1 Å². The first kappa shape index (κ1) is 14.9. The van der Waals surface area contributed by atoms with Crippen LogP contribution in [0.25, 0.3) is 0 Å². The molecule has 110 valence electrons. The van der Waals surface area contributed by atoms with Crippen molar-refractivity contribution in [2.45, 2.75) is 6.42 Å². The van der Waals surface area contributed by atoms with E-state index in [2.05, 4.69) is 10.7 Å². The number of hydrazine groups is 1. The Labute approximate surface area is 120 Å². The van der Waals surface area contributed by atoms with Crippen molar-refractivity contribution in [2.24, 2.45) is 5.84 Å². The second-order valence-corrected chi connectivity index (χ2v) is 4.44. The van der Waals surface area contributed by atoms with Crippen LogP contribution in [0.1, 0.15) is 15.9 Å². The molecule has 0 spiro atoms. The van der Waals surface area contributed by atoms with Crippen molar-refractivity contribution in [2.75, 3.05) is 12.0 Å². The SMILES string of the molecule is NNc1c(F)cccc1C(=O)NCCc1ccc(F)cc1. The average Bonchev–Trinajstić information content (AvgIpc) is 2.49. The van der Waals surface area contributed by atoms with Crippen LogP contribution in [-0.2, 0) is 6.42 Å².